The van der Waals surface area contributed by atoms with Gasteiger partial charge in [-0.2, -0.15) is 0 Å². The molecule has 9 nitrogen and oxygen atoms in total. The molecule has 0 aliphatic rings. The molecule has 0 aliphatic carbocycles. The third-order valence-corrected chi connectivity index (χ3v) is 7.67. The number of amides is 2. The molecule has 37 heavy (non-hydrogen) atoms. The fourth-order valence-electron chi connectivity index (χ4n) is 3.73. The number of anilines is 1. The summed E-state index contributed by atoms with van der Waals surface area (Å²) in [4.78, 5) is 27.7. The van der Waals surface area contributed by atoms with Crippen LogP contribution in [-0.4, -0.2) is 59.0 Å². The monoisotopic (exact) mass is 525 g/mol. The van der Waals surface area contributed by atoms with Crippen molar-refractivity contribution in [2.45, 2.75) is 24.4 Å². The largest absolute Gasteiger partial charge is 0.497 e. The molecule has 0 aliphatic heterocycles. The molecule has 0 fully saturated rings. The summed E-state index contributed by atoms with van der Waals surface area (Å²) < 4.78 is 38.9. The molecule has 3 aromatic rings. The average molecular weight is 526 g/mol. The summed E-state index contributed by atoms with van der Waals surface area (Å²) in [6.07, 6.45) is 0. The highest BCUT2D eigenvalue weighted by atomic mass is 32.2. The smallest absolute Gasteiger partial charge is 0.264 e. The molecule has 10 heteroatoms. The van der Waals surface area contributed by atoms with Gasteiger partial charge in [0.2, 0.25) is 11.8 Å². The standard InChI is InChI=1S/C27H31N3O6S/c1-20(27(32)28-2)29(18-21-13-15-23(35-3)16-14-21)26(31)19-30(22-9-8-10-24(17-22)36-4)37(33,34)25-11-6-5-7-12-25/h5-17,20H,18-19H2,1-4H3,(H,28,32)/t20-/m1/s1. The van der Waals surface area contributed by atoms with Crippen molar-refractivity contribution >= 4 is 27.5 Å². The van der Waals surface area contributed by atoms with Crippen LogP contribution in [0.3, 0.4) is 0 Å². The maximum Gasteiger partial charge on any atom is 0.264 e. The first-order valence-corrected chi connectivity index (χ1v) is 13.0. The zero-order valence-electron chi connectivity index (χ0n) is 21.2. The van der Waals surface area contributed by atoms with E-state index in [9.17, 15) is 18.0 Å². The van der Waals surface area contributed by atoms with Crippen LogP contribution >= 0.6 is 0 Å². The fraction of sp³-hybridized carbons (Fsp3) is 0.259. The van der Waals surface area contributed by atoms with Crippen molar-refractivity contribution in [2.75, 3.05) is 32.1 Å². The van der Waals surface area contributed by atoms with E-state index in [0.717, 1.165) is 9.87 Å². The van der Waals surface area contributed by atoms with Crippen LogP contribution in [0.25, 0.3) is 0 Å². The zero-order valence-corrected chi connectivity index (χ0v) is 22.1. The van der Waals surface area contributed by atoms with Gasteiger partial charge in [0, 0.05) is 19.7 Å². The van der Waals surface area contributed by atoms with Crippen molar-refractivity contribution in [2.24, 2.45) is 0 Å². The molecule has 0 saturated heterocycles. The Labute approximate surface area is 217 Å². The molecule has 0 bridgehead atoms. The molecule has 0 radical (unpaired) electrons. The summed E-state index contributed by atoms with van der Waals surface area (Å²) >= 11 is 0. The average Bonchev–Trinajstić information content (AvgIpc) is 2.94. The summed E-state index contributed by atoms with van der Waals surface area (Å²) in [5.41, 5.74) is 1.01. The Bertz CT molecular complexity index is 1310. The van der Waals surface area contributed by atoms with Gasteiger partial charge in [0.05, 0.1) is 24.8 Å². The maximum absolute atomic E-state index is 13.7. The number of nitrogens with one attached hydrogen (secondary N) is 1. The second-order valence-corrected chi connectivity index (χ2v) is 10.0. The molecule has 196 valence electrons. The fourth-order valence-corrected chi connectivity index (χ4v) is 5.16. The Kier molecular flexibility index (Phi) is 9.13. The number of hydrogen-bond donors (Lipinski definition) is 1. The van der Waals surface area contributed by atoms with Crippen LogP contribution in [0.2, 0.25) is 0 Å². The van der Waals surface area contributed by atoms with Crippen LogP contribution in [0, 0.1) is 0 Å². The number of benzene rings is 3. The van der Waals surface area contributed by atoms with Gasteiger partial charge in [0.15, 0.2) is 0 Å². The molecular formula is C27H31N3O6S. The Hall–Kier alpha value is -4.05. The van der Waals surface area contributed by atoms with Gasteiger partial charge in [-0.05, 0) is 48.9 Å². The number of carbonyl (C=O) groups is 2. The first-order chi connectivity index (χ1) is 17.7. The van der Waals surface area contributed by atoms with Gasteiger partial charge in [-0.3, -0.25) is 13.9 Å². The van der Waals surface area contributed by atoms with Crippen molar-refractivity contribution in [3.05, 3.63) is 84.4 Å². The lowest BCUT2D eigenvalue weighted by Crippen LogP contribution is -2.50. The lowest BCUT2D eigenvalue weighted by atomic mass is 10.1. The summed E-state index contributed by atoms with van der Waals surface area (Å²) in [5.74, 6) is 0.168. The molecule has 1 N–H and O–H groups in total. The number of ether oxygens (including phenoxy) is 2. The molecule has 2 amide bonds. The topological polar surface area (TPSA) is 105 Å². The Balaban J connectivity index is 2.02. The summed E-state index contributed by atoms with van der Waals surface area (Å²) in [7, 11) is 0.384. The van der Waals surface area contributed by atoms with Crippen LogP contribution < -0.4 is 19.1 Å². The van der Waals surface area contributed by atoms with E-state index >= 15 is 0 Å². The van der Waals surface area contributed by atoms with E-state index in [1.54, 1.807) is 80.8 Å². The van der Waals surface area contributed by atoms with Gasteiger partial charge in [0.1, 0.15) is 24.1 Å². The highest BCUT2D eigenvalue weighted by Crippen LogP contribution is 2.27. The predicted molar refractivity (Wildman–Crippen MR) is 141 cm³/mol. The number of likely N-dealkylation sites (N-methyl/N-ethyl adjacent to an activating group) is 1. The van der Waals surface area contributed by atoms with E-state index in [2.05, 4.69) is 5.32 Å². The molecule has 0 unspecified atom stereocenters. The van der Waals surface area contributed by atoms with Crippen molar-refractivity contribution in [1.82, 2.24) is 10.2 Å². The Morgan fingerprint density at radius 2 is 1.54 bits per heavy atom. The van der Waals surface area contributed by atoms with Crippen LogP contribution in [-0.2, 0) is 26.2 Å². The summed E-state index contributed by atoms with van der Waals surface area (Å²) in [6.45, 7) is 1.17. The van der Waals surface area contributed by atoms with E-state index < -0.39 is 28.5 Å². The van der Waals surface area contributed by atoms with Gasteiger partial charge >= 0.3 is 0 Å². The molecule has 1 atom stereocenters. The number of methoxy groups -OCH3 is 2. The minimum Gasteiger partial charge on any atom is -0.497 e. The van der Waals surface area contributed by atoms with Crippen molar-refractivity contribution < 1.29 is 27.5 Å². The van der Waals surface area contributed by atoms with E-state index in [1.165, 1.54) is 31.2 Å². The molecule has 0 aromatic heterocycles. The normalized spacial score (nSPS) is 11.8. The van der Waals surface area contributed by atoms with E-state index in [1.807, 2.05) is 0 Å². The first-order valence-electron chi connectivity index (χ1n) is 11.6. The lowest BCUT2D eigenvalue weighted by molar-refractivity contribution is -0.139. The molecule has 3 rings (SSSR count). The summed E-state index contributed by atoms with van der Waals surface area (Å²) in [5, 5.41) is 2.56. The zero-order chi connectivity index (χ0) is 27.0. The molecule has 3 aromatic carbocycles. The molecule has 0 heterocycles. The molecular weight excluding hydrogens is 494 g/mol. The lowest BCUT2D eigenvalue weighted by Gasteiger charge is -2.31. The first kappa shape index (κ1) is 27.5. The van der Waals surface area contributed by atoms with Gasteiger partial charge < -0.3 is 19.7 Å². The van der Waals surface area contributed by atoms with E-state index in [4.69, 9.17) is 9.47 Å². The maximum atomic E-state index is 13.7. The second-order valence-electron chi connectivity index (χ2n) is 8.19. The third-order valence-electron chi connectivity index (χ3n) is 5.88. The third kappa shape index (κ3) is 6.59. The molecule has 0 saturated carbocycles. The predicted octanol–water partition coefficient (Wildman–Crippen LogP) is 3.06. The Morgan fingerprint density at radius 1 is 0.892 bits per heavy atom. The number of sulfonamides is 1. The number of rotatable bonds is 11. The summed E-state index contributed by atoms with van der Waals surface area (Å²) in [6, 6.07) is 20.6. The minimum atomic E-state index is -4.13. The minimum absolute atomic E-state index is 0.0340. The van der Waals surface area contributed by atoms with Gasteiger partial charge in [-0.1, -0.05) is 36.4 Å². The van der Waals surface area contributed by atoms with Gasteiger partial charge in [-0.25, -0.2) is 8.42 Å². The van der Waals surface area contributed by atoms with Gasteiger partial charge in [0.25, 0.3) is 10.0 Å². The SMILES string of the molecule is CNC(=O)[C@@H](C)N(Cc1ccc(OC)cc1)C(=O)CN(c1cccc(OC)c1)S(=O)(=O)c1ccccc1. The van der Waals surface area contributed by atoms with E-state index in [-0.39, 0.29) is 23.0 Å². The van der Waals surface area contributed by atoms with Crippen molar-refractivity contribution in [3.63, 3.8) is 0 Å². The molecule has 0 spiro atoms. The number of nitrogens with zero attached hydrogens (tertiary/aromatic N) is 2. The quantitative estimate of drug-likeness (QED) is 0.413. The van der Waals surface area contributed by atoms with Crippen LogP contribution in [0.4, 0.5) is 5.69 Å². The van der Waals surface area contributed by atoms with E-state index in [0.29, 0.717) is 11.5 Å². The number of carbonyl (C=O) groups excluding carboxylic acids is 2. The highest BCUT2D eigenvalue weighted by molar-refractivity contribution is 7.92. The van der Waals surface area contributed by atoms with Crippen LogP contribution in [0.5, 0.6) is 11.5 Å². The van der Waals surface area contributed by atoms with Crippen LogP contribution in [0.1, 0.15) is 12.5 Å². The van der Waals surface area contributed by atoms with Gasteiger partial charge in [-0.15, -0.1) is 0 Å². The van der Waals surface area contributed by atoms with Crippen LogP contribution in [0.15, 0.2) is 83.8 Å². The Morgan fingerprint density at radius 3 is 2.14 bits per heavy atom. The highest BCUT2D eigenvalue weighted by Gasteiger charge is 2.32. The van der Waals surface area contributed by atoms with Crippen molar-refractivity contribution in [1.29, 1.82) is 0 Å². The number of hydrogen-bond acceptors (Lipinski definition) is 6. The second kappa shape index (κ2) is 12.3. The van der Waals surface area contributed by atoms with Crippen molar-refractivity contribution in [3.8, 4) is 11.5 Å².